The van der Waals surface area contributed by atoms with Gasteiger partial charge in [-0.3, -0.25) is 4.57 Å². The molecule has 17 heavy (non-hydrogen) atoms. The van der Waals surface area contributed by atoms with Crippen molar-refractivity contribution in [2.75, 3.05) is 48.0 Å². The average Bonchev–Trinajstić information content (AvgIpc) is 2.16. The molecule has 0 aromatic rings. The summed E-state index contributed by atoms with van der Waals surface area (Å²) >= 11 is 0. The number of rotatable bonds is 9. The molecular weight excluding hydrogens is 245 g/mol. The van der Waals surface area contributed by atoms with Crippen molar-refractivity contribution in [2.45, 2.75) is 19.4 Å². The summed E-state index contributed by atoms with van der Waals surface area (Å²) in [6.45, 7) is 2.61. The molecule has 0 saturated carbocycles. The summed E-state index contributed by atoms with van der Waals surface area (Å²) in [6.07, 6.45) is 0.467. The number of likely N-dealkylation sites (N-methyl/N-ethyl adjacent to an activating group) is 1. The number of quaternary nitrogens is 1. The molecule has 0 fully saturated rings. The SMILES string of the molecule is CC[C@@H](COP(=O)([O-])OCC[N+](C)(C)C)OC. The Labute approximate surface area is 104 Å². The molecule has 1 unspecified atom stereocenters. The van der Waals surface area contributed by atoms with Gasteiger partial charge in [0.2, 0.25) is 0 Å². The van der Waals surface area contributed by atoms with Crippen LogP contribution in [0.15, 0.2) is 0 Å². The van der Waals surface area contributed by atoms with Crippen LogP contribution in [0.25, 0.3) is 0 Å². The van der Waals surface area contributed by atoms with Gasteiger partial charge in [-0.2, -0.15) is 0 Å². The number of nitrogens with zero attached hydrogens (tertiary/aromatic N) is 1. The first-order valence-corrected chi connectivity index (χ1v) is 7.09. The normalized spacial score (nSPS) is 17.8. The zero-order valence-corrected chi connectivity index (χ0v) is 12.2. The van der Waals surface area contributed by atoms with Crippen molar-refractivity contribution in [1.29, 1.82) is 0 Å². The molecule has 0 rings (SSSR count). The molecule has 0 aliphatic heterocycles. The predicted molar refractivity (Wildman–Crippen MR) is 63.5 cm³/mol. The lowest BCUT2D eigenvalue weighted by molar-refractivity contribution is -0.870. The Bertz CT molecular complexity index is 250. The minimum atomic E-state index is -4.20. The van der Waals surface area contributed by atoms with E-state index in [9.17, 15) is 9.46 Å². The second-order valence-corrected chi connectivity index (χ2v) is 6.27. The summed E-state index contributed by atoms with van der Waals surface area (Å²) in [5.41, 5.74) is 0. The van der Waals surface area contributed by atoms with Crippen molar-refractivity contribution >= 4 is 7.82 Å². The number of phosphoric acid groups is 1. The lowest BCUT2D eigenvalue weighted by Crippen LogP contribution is -2.37. The number of methoxy groups -OCH3 is 1. The van der Waals surface area contributed by atoms with Gasteiger partial charge in [0.1, 0.15) is 13.2 Å². The Hall–Kier alpha value is 0.0300. The van der Waals surface area contributed by atoms with Crippen LogP contribution in [0.5, 0.6) is 0 Å². The fourth-order valence-corrected chi connectivity index (χ4v) is 1.72. The van der Waals surface area contributed by atoms with Crippen LogP contribution < -0.4 is 4.89 Å². The summed E-state index contributed by atoms with van der Waals surface area (Å²) in [5.74, 6) is 0. The van der Waals surface area contributed by atoms with E-state index in [1.54, 1.807) is 0 Å². The van der Waals surface area contributed by atoms with Gasteiger partial charge in [0.05, 0.1) is 33.9 Å². The molecule has 0 radical (unpaired) electrons. The molecule has 0 aliphatic rings. The molecule has 0 heterocycles. The second kappa shape index (κ2) is 7.46. The van der Waals surface area contributed by atoms with E-state index in [1.807, 2.05) is 28.1 Å². The van der Waals surface area contributed by atoms with E-state index >= 15 is 0 Å². The molecule has 0 saturated heterocycles. The van der Waals surface area contributed by atoms with Crippen molar-refractivity contribution < 1.29 is 27.7 Å². The van der Waals surface area contributed by atoms with Crippen LogP contribution in [-0.2, 0) is 18.3 Å². The fourth-order valence-electron chi connectivity index (χ4n) is 0.991. The molecule has 6 nitrogen and oxygen atoms in total. The maximum absolute atomic E-state index is 11.4. The standard InChI is InChI=1S/C10H24NO5P/c1-6-10(14-5)9-16-17(12,13)15-8-7-11(2,3)4/h10H,6-9H2,1-5H3/t10-/m0/s1. The summed E-state index contributed by atoms with van der Waals surface area (Å²) in [4.78, 5) is 11.4. The van der Waals surface area contributed by atoms with Crippen molar-refractivity contribution in [3.63, 3.8) is 0 Å². The molecule has 0 aliphatic carbocycles. The number of phosphoric ester groups is 1. The Balaban J connectivity index is 3.92. The Morgan fingerprint density at radius 3 is 2.29 bits per heavy atom. The highest BCUT2D eigenvalue weighted by atomic mass is 31.2. The number of hydrogen-bond acceptors (Lipinski definition) is 5. The highest BCUT2D eigenvalue weighted by Crippen LogP contribution is 2.38. The van der Waals surface area contributed by atoms with Gasteiger partial charge in [0.15, 0.2) is 0 Å². The highest BCUT2D eigenvalue weighted by Gasteiger charge is 2.15. The van der Waals surface area contributed by atoms with Crippen LogP contribution in [0.2, 0.25) is 0 Å². The van der Waals surface area contributed by atoms with Crippen LogP contribution in [0.1, 0.15) is 13.3 Å². The van der Waals surface area contributed by atoms with Gasteiger partial charge in [-0.25, -0.2) is 0 Å². The van der Waals surface area contributed by atoms with Crippen molar-refractivity contribution in [1.82, 2.24) is 0 Å². The monoisotopic (exact) mass is 269 g/mol. The summed E-state index contributed by atoms with van der Waals surface area (Å²) < 4.78 is 26.5. The van der Waals surface area contributed by atoms with Gasteiger partial charge in [-0.05, 0) is 6.42 Å². The third kappa shape index (κ3) is 9.71. The fraction of sp³-hybridized carbons (Fsp3) is 1.00. The second-order valence-electron chi connectivity index (χ2n) is 4.86. The van der Waals surface area contributed by atoms with Crippen molar-refractivity contribution in [2.24, 2.45) is 0 Å². The number of hydrogen-bond donors (Lipinski definition) is 0. The van der Waals surface area contributed by atoms with Gasteiger partial charge in [-0.15, -0.1) is 0 Å². The zero-order valence-electron chi connectivity index (χ0n) is 11.3. The van der Waals surface area contributed by atoms with Gasteiger partial charge in [0, 0.05) is 7.11 Å². The van der Waals surface area contributed by atoms with Crippen LogP contribution >= 0.6 is 7.82 Å². The van der Waals surface area contributed by atoms with E-state index in [4.69, 9.17) is 13.8 Å². The molecule has 104 valence electrons. The van der Waals surface area contributed by atoms with E-state index in [-0.39, 0.29) is 19.3 Å². The molecular formula is C10H24NO5P. The predicted octanol–water partition coefficient (Wildman–Crippen LogP) is 0.619. The maximum atomic E-state index is 11.4. The van der Waals surface area contributed by atoms with Gasteiger partial charge in [0.25, 0.3) is 7.82 Å². The van der Waals surface area contributed by atoms with E-state index in [1.165, 1.54) is 7.11 Å². The van der Waals surface area contributed by atoms with Crippen LogP contribution in [0.4, 0.5) is 0 Å². The van der Waals surface area contributed by atoms with Crippen LogP contribution in [0.3, 0.4) is 0 Å². The first-order valence-electron chi connectivity index (χ1n) is 5.63. The molecule has 0 aromatic heterocycles. The number of ether oxygens (including phenoxy) is 1. The van der Waals surface area contributed by atoms with Crippen LogP contribution in [-0.4, -0.2) is 58.6 Å². The lowest BCUT2D eigenvalue weighted by atomic mass is 10.3. The maximum Gasteiger partial charge on any atom is 0.268 e. The lowest BCUT2D eigenvalue weighted by Gasteiger charge is -2.28. The molecule has 2 atom stereocenters. The smallest absolute Gasteiger partial charge is 0.268 e. The zero-order chi connectivity index (χ0) is 13.5. The average molecular weight is 269 g/mol. The van der Waals surface area contributed by atoms with Gasteiger partial charge < -0.3 is 23.2 Å². The third-order valence-electron chi connectivity index (χ3n) is 2.22. The van der Waals surface area contributed by atoms with E-state index in [2.05, 4.69) is 0 Å². The first-order chi connectivity index (χ1) is 7.70. The van der Waals surface area contributed by atoms with E-state index in [0.717, 1.165) is 0 Å². The molecule has 0 aromatic carbocycles. The third-order valence-corrected chi connectivity index (χ3v) is 3.18. The minimum Gasteiger partial charge on any atom is -0.756 e. The Morgan fingerprint density at radius 1 is 1.29 bits per heavy atom. The summed E-state index contributed by atoms with van der Waals surface area (Å²) in [5, 5.41) is 0. The van der Waals surface area contributed by atoms with Crippen molar-refractivity contribution in [3.05, 3.63) is 0 Å². The topological polar surface area (TPSA) is 67.8 Å². The van der Waals surface area contributed by atoms with Crippen LogP contribution in [0, 0.1) is 0 Å². The molecule has 7 heteroatoms. The molecule has 0 bridgehead atoms. The quantitative estimate of drug-likeness (QED) is 0.453. The highest BCUT2D eigenvalue weighted by molar-refractivity contribution is 7.45. The van der Waals surface area contributed by atoms with E-state index in [0.29, 0.717) is 17.4 Å². The minimum absolute atomic E-state index is 0.00183. The van der Waals surface area contributed by atoms with E-state index < -0.39 is 7.82 Å². The van der Waals surface area contributed by atoms with Gasteiger partial charge >= 0.3 is 0 Å². The molecule has 0 N–H and O–H groups in total. The Morgan fingerprint density at radius 2 is 1.88 bits per heavy atom. The summed E-state index contributed by atoms with van der Waals surface area (Å²) in [6, 6.07) is 0. The molecule has 0 amide bonds. The Kier molecular flexibility index (Phi) is 7.47. The van der Waals surface area contributed by atoms with Gasteiger partial charge in [-0.1, -0.05) is 6.92 Å². The largest absolute Gasteiger partial charge is 0.756 e. The summed E-state index contributed by atoms with van der Waals surface area (Å²) in [7, 11) is 3.19. The first kappa shape index (κ1) is 17.0. The van der Waals surface area contributed by atoms with Crippen molar-refractivity contribution in [3.8, 4) is 0 Å². The molecule has 0 spiro atoms.